The fraction of sp³-hybridized carbons (Fsp3) is 0.333. The molecule has 136 valence electrons. The maximum atomic E-state index is 12.9. The van der Waals surface area contributed by atoms with Crippen LogP contribution in [0.5, 0.6) is 11.5 Å². The average molecular weight is 354 g/mol. The lowest BCUT2D eigenvalue weighted by molar-refractivity contribution is 0.0809. The topological polar surface area (TPSA) is 72.8 Å². The van der Waals surface area contributed by atoms with E-state index in [4.69, 9.17) is 9.47 Å². The van der Waals surface area contributed by atoms with Crippen molar-refractivity contribution in [3.8, 4) is 11.5 Å². The minimum absolute atomic E-state index is 0.0321. The SMILES string of the molecule is CCc1ccc(C(=O)[C@H]2COC[C@@H]2C(=O)c2ccc(O)c(OC)c2)cc1. The van der Waals surface area contributed by atoms with Gasteiger partial charge >= 0.3 is 0 Å². The number of benzene rings is 2. The largest absolute Gasteiger partial charge is 0.504 e. The van der Waals surface area contributed by atoms with E-state index in [0.717, 1.165) is 12.0 Å². The van der Waals surface area contributed by atoms with Gasteiger partial charge in [-0.25, -0.2) is 0 Å². The molecule has 1 N–H and O–H groups in total. The van der Waals surface area contributed by atoms with E-state index in [9.17, 15) is 14.7 Å². The van der Waals surface area contributed by atoms with Crippen LogP contribution in [0.25, 0.3) is 0 Å². The lowest BCUT2D eigenvalue weighted by Crippen LogP contribution is -2.29. The molecule has 0 unspecified atom stereocenters. The summed E-state index contributed by atoms with van der Waals surface area (Å²) in [5.74, 6) is -1.10. The van der Waals surface area contributed by atoms with Gasteiger partial charge in [-0.2, -0.15) is 0 Å². The molecule has 2 aromatic carbocycles. The molecule has 1 saturated heterocycles. The van der Waals surface area contributed by atoms with Gasteiger partial charge in [-0.1, -0.05) is 31.2 Å². The maximum absolute atomic E-state index is 12.9. The molecule has 0 spiro atoms. The van der Waals surface area contributed by atoms with Gasteiger partial charge in [0, 0.05) is 11.1 Å². The highest BCUT2D eigenvalue weighted by atomic mass is 16.5. The van der Waals surface area contributed by atoms with E-state index in [1.807, 2.05) is 24.3 Å². The summed E-state index contributed by atoms with van der Waals surface area (Å²) in [6, 6.07) is 11.9. The Kier molecular flexibility index (Phi) is 5.38. The minimum Gasteiger partial charge on any atom is -0.504 e. The lowest BCUT2D eigenvalue weighted by Gasteiger charge is -2.16. The first-order chi connectivity index (χ1) is 12.5. The molecule has 0 aliphatic carbocycles. The Hall–Kier alpha value is -2.66. The second-order valence-electron chi connectivity index (χ2n) is 6.42. The van der Waals surface area contributed by atoms with Crippen molar-refractivity contribution in [2.24, 2.45) is 11.8 Å². The van der Waals surface area contributed by atoms with Crippen LogP contribution in [0, 0.1) is 11.8 Å². The quantitative estimate of drug-likeness (QED) is 0.806. The van der Waals surface area contributed by atoms with Gasteiger partial charge in [0.15, 0.2) is 23.1 Å². The number of rotatable bonds is 6. The number of aromatic hydroxyl groups is 1. The molecule has 0 saturated carbocycles. The zero-order valence-corrected chi connectivity index (χ0v) is 14.9. The van der Waals surface area contributed by atoms with Crippen LogP contribution < -0.4 is 4.74 Å². The standard InChI is InChI=1S/C21H22O5/c1-3-13-4-6-14(7-5-13)20(23)16-11-26-12-17(16)21(24)15-8-9-18(22)19(10-15)25-2/h4-10,16-17,22H,3,11-12H2,1-2H3/t16-,17-/m0/s1. The molecule has 2 atom stereocenters. The second kappa shape index (κ2) is 7.70. The van der Waals surface area contributed by atoms with Crippen LogP contribution in [-0.4, -0.2) is 37.0 Å². The number of hydrogen-bond donors (Lipinski definition) is 1. The molecule has 1 heterocycles. The first-order valence-corrected chi connectivity index (χ1v) is 8.67. The van der Waals surface area contributed by atoms with Crippen molar-refractivity contribution in [2.75, 3.05) is 20.3 Å². The molecule has 0 bridgehead atoms. The van der Waals surface area contributed by atoms with Crippen molar-refractivity contribution in [3.05, 3.63) is 59.2 Å². The number of hydrogen-bond acceptors (Lipinski definition) is 5. The van der Waals surface area contributed by atoms with E-state index in [0.29, 0.717) is 11.1 Å². The summed E-state index contributed by atoms with van der Waals surface area (Å²) in [6.07, 6.45) is 0.908. The van der Waals surface area contributed by atoms with Gasteiger partial charge in [0.1, 0.15) is 0 Å². The van der Waals surface area contributed by atoms with Crippen LogP contribution in [0.4, 0.5) is 0 Å². The van der Waals surface area contributed by atoms with Crippen LogP contribution >= 0.6 is 0 Å². The molecule has 0 radical (unpaired) electrons. The Labute approximate surface area is 152 Å². The predicted octanol–water partition coefficient (Wildman–Crippen LogP) is 3.29. The number of aryl methyl sites for hydroxylation is 1. The van der Waals surface area contributed by atoms with Gasteiger partial charge < -0.3 is 14.6 Å². The molecule has 3 rings (SSSR count). The van der Waals surface area contributed by atoms with E-state index in [1.54, 1.807) is 0 Å². The highest BCUT2D eigenvalue weighted by Crippen LogP contribution is 2.32. The molecule has 26 heavy (non-hydrogen) atoms. The molecule has 0 aromatic heterocycles. The van der Waals surface area contributed by atoms with Crippen LogP contribution in [-0.2, 0) is 11.2 Å². The smallest absolute Gasteiger partial charge is 0.169 e. The van der Waals surface area contributed by atoms with Crippen molar-refractivity contribution >= 4 is 11.6 Å². The maximum Gasteiger partial charge on any atom is 0.169 e. The normalized spacial score (nSPS) is 19.3. The van der Waals surface area contributed by atoms with E-state index in [-0.39, 0.29) is 36.3 Å². The predicted molar refractivity (Wildman–Crippen MR) is 96.9 cm³/mol. The monoisotopic (exact) mass is 354 g/mol. The average Bonchev–Trinajstić information content (AvgIpc) is 3.17. The molecular weight excluding hydrogens is 332 g/mol. The molecule has 5 heteroatoms. The molecule has 0 amide bonds. The fourth-order valence-corrected chi connectivity index (χ4v) is 3.23. The number of methoxy groups -OCH3 is 1. The molecular formula is C21H22O5. The number of phenols is 1. The van der Waals surface area contributed by atoms with Crippen molar-refractivity contribution in [3.63, 3.8) is 0 Å². The van der Waals surface area contributed by atoms with Crippen molar-refractivity contribution in [1.82, 2.24) is 0 Å². The lowest BCUT2D eigenvalue weighted by atomic mass is 9.83. The summed E-state index contributed by atoms with van der Waals surface area (Å²) in [4.78, 5) is 25.8. The number of carbonyl (C=O) groups excluding carboxylic acids is 2. The summed E-state index contributed by atoms with van der Waals surface area (Å²) in [7, 11) is 1.42. The Morgan fingerprint density at radius 1 is 1.04 bits per heavy atom. The minimum atomic E-state index is -0.539. The molecule has 1 aliphatic rings. The number of Topliss-reactive ketones (excluding diaryl/α,β-unsaturated/α-hetero) is 2. The summed E-state index contributed by atoms with van der Waals surface area (Å²) in [6.45, 7) is 2.51. The van der Waals surface area contributed by atoms with Crippen LogP contribution in [0.15, 0.2) is 42.5 Å². The van der Waals surface area contributed by atoms with Crippen LogP contribution in [0.3, 0.4) is 0 Å². The van der Waals surface area contributed by atoms with Crippen molar-refractivity contribution in [1.29, 1.82) is 0 Å². The highest BCUT2D eigenvalue weighted by molar-refractivity contribution is 6.05. The van der Waals surface area contributed by atoms with E-state index >= 15 is 0 Å². The third kappa shape index (κ3) is 3.48. The molecule has 1 fully saturated rings. The second-order valence-corrected chi connectivity index (χ2v) is 6.42. The van der Waals surface area contributed by atoms with Crippen LogP contribution in [0.1, 0.15) is 33.2 Å². The summed E-state index contributed by atoms with van der Waals surface area (Å²) in [5.41, 5.74) is 2.15. The van der Waals surface area contributed by atoms with Gasteiger partial charge in [0.25, 0.3) is 0 Å². The summed E-state index contributed by atoms with van der Waals surface area (Å²) < 4.78 is 10.5. The number of ether oxygens (including phenoxy) is 2. The third-order valence-corrected chi connectivity index (χ3v) is 4.87. The third-order valence-electron chi connectivity index (χ3n) is 4.87. The van der Waals surface area contributed by atoms with Gasteiger partial charge in [-0.3, -0.25) is 9.59 Å². The number of carbonyl (C=O) groups is 2. The zero-order valence-electron chi connectivity index (χ0n) is 14.9. The number of ketones is 2. The highest BCUT2D eigenvalue weighted by Gasteiger charge is 2.39. The molecule has 1 aliphatic heterocycles. The van der Waals surface area contributed by atoms with Crippen molar-refractivity contribution in [2.45, 2.75) is 13.3 Å². The van der Waals surface area contributed by atoms with Gasteiger partial charge in [-0.05, 0) is 30.2 Å². The van der Waals surface area contributed by atoms with E-state index in [2.05, 4.69) is 6.92 Å². The molecule has 5 nitrogen and oxygen atoms in total. The van der Waals surface area contributed by atoms with Crippen molar-refractivity contribution < 1.29 is 24.2 Å². The van der Waals surface area contributed by atoms with Gasteiger partial charge in [0.2, 0.25) is 0 Å². The van der Waals surface area contributed by atoms with Gasteiger partial charge in [-0.15, -0.1) is 0 Å². The fourth-order valence-electron chi connectivity index (χ4n) is 3.23. The van der Waals surface area contributed by atoms with E-state index < -0.39 is 11.8 Å². The van der Waals surface area contributed by atoms with E-state index in [1.165, 1.54) is 25.3 Å². The first kappa shape index (κ1) is 18.1. The first-order valence-electron chi connectivity index (χ1n) is 8.67. The summed E-state index contributed by atoms with van der Waals surface area (Å²) in [5, 5.41) is 9.70. The Morgan fingerprint density at radius 3 is 2.19 bits per heavy atom. The zero-order chi connectivity index (χ0) is 18.7. The number of phenolic OH excluding ortho intramolecular Hbond substituents is 1. The Balaban J connectivity index is 1.82. The van der Waals surface area contributed by atoms with Crippen LogP contribution in [0.2, 0.25) is 0 Å². The Bertz CT molecular complexity index is 810. The summed E-state index contributed by atoms with van der Waals surface area (Å²) >= 11 is 0. The molecule has 2 aromatic rings. The van der Waals surface area contributed by atoms with Gasteiger partial charge in [0.05, 0.1) is 32.2 Å². The Morgan fingerprint density at radius 2 is 1.62 bits per heavy atom.